The second-order valence-corrected chi connectivity index (χ2v) is 6.02. The van der Waals surface area contributed by atoms with Crippen molar-refractivity contribution >= 4 is 21.6 Å². The summed E-state index contributed by atoms with van der Waals surface area (Å²) in [6, 6.07) is 5.25. The first-order chi connectivity index (χ1) is 7.97. The van der Waals surface area contributed by atoms with Crippen LogP contribution < -0.4 is 4.72 Å². The van der Waals surface area contributed by atoms with Gasteiger partial charge in [-0.2, -0.15) is 0 Å². The first-order valence-corrected chi connectivity index (χ1v) is 7.27. The Balaban J connectivity index is 2.73. The molecule has 1 N–H and O–H groups in total. The maximum absolute atomic E-state index is 13.3. The molecule has 0 aliphatic carbocycles. The summed E-state index contributed by atoms with van der Waals surface area (Å²) >= 11 is 5.89. The van der Waals surface area contributed by atoms with Crippen molar-refractivity contribution in [1.29, 1.82) is 0 Å². The van der Waals surface area contributed by atoms with Crippen molar-refractivity contribution in [3.8, 4) is 0 Å². The van der Waals surface area contributed by atoms with E-state index in [0.717, 1.165) is 12.5 Å². The summed E-state index contributed by atoms with van der Waals surface area (Å²) in [5.74, 6) is -0.762. The van der Waals surface area contributed by atoms with Gasteiger partial charge in [-0.25, -0.2) is 17.5 Å². The van der Waals surface area contributed by atoms with Crippen LogP contribution in [0.4, 0.5) is 4.39 Å². The molecule has 0 aromatic heterocycles. The van der Waals surface area contributed by atoms with Gasteiger partial charge in [-0.05, 0) is 18.6 Å². The predicted octanol–water partition coefficient (Wildman–Crippen LogP) is 2.51. The van der Waals surface area contributed by atoms with E-state index in [2.05, 4.69) is 4.72 Å². The average molecular weight is 280 g/mol. The number of benzene rings is 1. The third kappa shape index (κ3) is 4.26. The molecule has 3 nitrogen and oxygen atoms in total. The van der Waals surface area contributed by atoms with Gasteiger partial charge in [0.25, 0.3) is 0 Å². The predicted molar refractivity (Wildman–Crippen MR) is 66.1 cm³/mol. The van der Waals surface area contributed by atoms with Crippen molar-refractivity contribution in [2.75, 3.05) is 6.54 Å². The maximum atomic E-state index is 13.3. The SMILES string of the molecule is CCCC(Cl)CNS(=O)(=O)c1ccccc1F. The Kier molecular flexibility index (Phi) is 5.36. The van der Waals surface area contributed by atoms with Gasteiger partial charge in [0.2, 0.25) is 10.0 Å². The van der Waals surface area contributed by atoms with Gasteiger partial charge in [0.1, 0.15) is 10.7 Å². The van der Waals surface area contributed by atoms with Crippen molar-refractivity contribution < 1.29 is 12.8 Å². The largest absolute Gasteiger partial charge is 0.243 e. The molecule has 0 radical (unpaired) electrons. The third-order valence-corrected chi connectivity index (χ3v) is 4.05. The van der Waals surface area contributed by atoms with Gasteiger partial charge in [-0.1, -0.05) is 25.5 Å². The first-order valence-electron chi connectivity index (χ1n) is 5.35. The summed E-state index contributed by atoms with van der Waals surface area (Å²) in [6.07, 6.45) is 1.58. The Hall–Kier alpha value is -0.650. The van der Waals surface area contributed by atoms with E-state index >= 15 is 0 Å². The van der Waals surface area contributed by atoms with Crippen LogP contribution in [0.25, 0.3) is 0 Å². The fourth-order valence-electron chi connectivity index (χ4n) is 1.36. The second-order valence-electron chi connectivity index (χ2n) is 3.67. The molecule has 1 unspecified atom stereocenters. The number of nitrogens with one attached hydrogen (secondary N) is 1. The first kappa shape index (κ1) is 14.4. The van der Waals surface area contributed by atoms with Gasteiger partial charge in [0.15, 0.2) is 0 Å². The van der Waals surface area contributed by atoms with Crippen LogP contribution in [-0.4, -0.2) is 20.3 Å². The molecule has 0 heterocycles. The molecule has 1 atom stereocenters. The quantitative estimate of drug-likeness (QED) is 0.814. The van der Waals surface area contributed by atoms with E-state index in [1.54, 1.807) is 0 Å². The molecule has 0 amide bonds. The molecule has 0 aliphatic rings. The smallest absolute Gasteiger partial charge is 0.210 e. The molecule has 1 aromatic carbocycles. The molecule has 0 spiro atoms. The highest BCUT2D eigenvalue weighted by Crippen LogP contribution is 2.13. The van der Waals surface area contributed by atoms with Crippen molar-refractivity contribution in [2.24, 2.45) is 0 Å². The van der Waals surface area contributed by atoms with Crippen molar-refractivity contribution in [3.05, 3.63) is 30.1 Å². The zero-order valence-corrected chi connectivity index (χ0v) is 11.1. The van der Waals surface area contributed by atoms with E-state index in [9.17, 15) is 12.8 Å². The number of alkyl halides is 1. The van der Waals surface area contributed by atoms with E-state index in [0.29, 0.717) is 6.42 Å². The van der Waals surface area contributed by atoms with Gasteiger partial charge in [0, 0.05) is 11.9 Å². The van der Waals surface area contributed by atoms with Crippen molar-refractivity contribution in [2.45, 2.75) is 30.0 Å². The Labute approximate surface area is 106 Å². The Morgan fingerprint density at radius 1 is 1.41 bits per heavy atom. The van der Waals surface area contributed by atoms with Gasteiger partial charge in [0.05, 0.1) is 0 Å². The van der Waals surface area contributed by atoms with E-state index in [1.807, 2.05) is 6.92 Å². The fraction of sp³-hybridized carbons (Fsp3) is 0.455. The zero-order valence-electron chi connectivity index (χ0n) is 9.49. The zero-order chi connectivity index (χ0) is 12.9. The molecule has 0 saturated carbocycles. The lowest BCUT2D eigenvalue weighted by Gasteiger charge is -2.10. The maximum Gasteiger partial charge on any atom is 0.243 e. The lowest BCUT2D eigenvalue weighted by Crippen LogP contribution is -2.30. The van der Waals surface area contributed by atoms with Crippen LogP contribution in [0.1, 0.15) is 19.8 Å². The number of hydrogen-bond donors (Lipinski definition) is 1. The highest BCUT2D eigenvalue weighted by atomic mass is 35.5. The number of sulfonamides is 1. The second kappa shape index (κ2) is 6.33. The molecule has 96 valence electrons. The minimum absolute atomic E-state index is 0.103. The van der Waals surface area contributed by atoms with Crippen LogP contribution in [0.5, 0.6) is 0 Å². The molecule has 0 fully saturated rings. The summed E-state index contributed by atoms with van der Waals surface area (Å²) in [4.78, 5) is -0.347. The van der Waals surface area contributed by atoms with Crippen LogP contribution in [0, 0.1) is 5.82 Å². The minimum Gasteiger partial charge on any atom is -0.210 e. The molecule has 1 rings (SSSR count). The lowest BCUT2D eigenvalue weighted by atomic mass is 10.2. The Bertz CT molecular complexity index is 464. The van der Waals surface area contributed by atoms with Gasteiger partial charge in [-0.3, -0.25) is 0 Å². The fourth-order valence-corrected chi connectivity index (χ4v) is 2.90. The Morgan fingerprint density at radius 3 is 2.65 bits per heavy atom. The van der Waals surface area contributed by atoms with Gasteiger partial charge < -0.3 is 0 Å². The van der Waals surface area contributed by atoms with E-state index in [4.69, 9.17) is 11.6 Å². The van der Waals surface area contributed by atoms with E-state index in [-0.39, 0.29) is 16.8 Å². The highest BCUT2D eigenvalue weighted by molar-refractivity contribution is 7.89. The summed E-state index contributed by atoms with van der Waals surface area (Å²) in [5.41, 5.74) is 0. The Morgan fingerprint density at radius 2 is 2.06 bits per heavy atom. The van der Waals surface area contributed by atoms with Crippen molar-refractivity contribution in [1.82, 2.24) is 4.72 Å². The summed E-state index contributed by atoms with van der Waals surface area (Å²) in [5, 5.41) is -0.276. The molecule has 0 aliphatic heterocycles. The highest BCUT2D eigenvalue weighted by Gasteiger charge is 2.19. The lowest BCUT2D eigenvalue weighted by molar-refractivity contribution is 0.554. The standard InChI is InChI=1S/C11H15ClFNO2S/c1-2-5-9(12)8-14-17(15,16)11-7-4-3-6-10(11)13/h3-4,6-7,9,14H,2,5,8H2,1H3. The van der Waals surface area contributed by atoms with Crippen LogP contribution in [-0.2, 0) is 10.0 Å². The molecule has 0 bridgehead atoms. The molecule has 17 heavy (non-hydrogen) atoms. The third-order valence-electron chi connectivity index (χ3n) is 2.22. The molecular weight excluding hydrogens is 265 g/mol. The summed E-state index contributed by atoms with van der Waals surface area (Å²) in [7, 11) is -3.81. The summed E-state index contributed by atoms with van der Waals surface area (Å²) in [6.45, 7) is 2.06. The van der Waals surface area contributed by atoms with E-state index < -0.39 is 15.8 Å². The molecule has 6 heteroatoms. The summed E-state index contributed by atoms with van der Waals surface area (Å²) < 4.78 is 39.1. The van der Waals surface area contributed by atoms with Crippen LogP contribution in [0.2, 0.25) is 0 Å². The minimum atomic E-state index is -3.81. The van der Waals surface area contributed by atoms with Gasteiger partial charge >= 0.3 is 0 Å². The van der Waals surface area contributed by atoms with Crippen molar-refractivity contribution in [3.63, 3.8) is 0 Å². The van der Waals surface area contributed by atoms with Crippen LogP contribution in [0.3, 0.4) is 0 Å². The number of rotatable bonds is 6. The monoisotopic (exact) mass is 279 g/mol. The normalized spacial score (nSPS) is 13.6. The number of halogens is 2. The topological polar surface area (TPSA) is 46.2 Å². The molecule has 0 saturated heterocycles. The van der Waals surface area contributed by atoms with Crippen LogP contribution >= 0.6 is 11.6 Å². The van der Waals surface area contributed by atoms with Gasteiger partial charge in [-0.15, -0.1) is 11.6 Å². The number of hydrogen-bond acceptors (Lipinski definition) is 2. The molecule has 1 aromatic rings. The average Bonchev–Trinajstić information content (AvgIpc) is 2.27. The van der Waals surface area contributed by atoms with E-state index in [1.165, 1.54) is 18.2 Å². The van der Waals surface area contributed by atoms with Crippen LogP contribution in [0.15, 0.2) is 29.2 Å². The molecular formula is C11H15ClFNO2S.